The first-order chi connectivity index (χ1) is 11.8. The first kappa shape index (κ1) is 15.3. The monoisotopic (exact) mass is 337 g/mol. The molecule has 2 heterocycles. The van der Waals surface area contributed by atoms with Crippen molar-refractivity contribution >= 4 is 33.5 Å². The van der Waals surface area contributed by atoms with Crippen LogP contribution in [0.1, 0.15) is 32.1 Å². The molecule has 0 spiro atoms. The minimum absolute atomic E-state index is 0.104. The van der Waals surface area contributed by atoms with Crippen LogP contribution in [-0.4, -0.2) is 15.3 Å². The van der Waals surface area contributed by atoms with Crippen molar-refractivity contribution in [3.05, 3.63) is 42.6 Å². The van der Waals surface area contributed by atoms with Crippen molar-refractivity contribution in [2.75, 3.05) is 5.32 Å². The third-order valence-corrected chi connectivity index (χ3v) is 5.43. The number of amides is 1. The fourth-order valence-electron chi connectivity index (χ4n) is 3.29. The Morgan fingerprint density at radius 2 is 1.88 bits per heavy atom. The lowest BCUT2D eigenvalue weighted by atomic mass is 9.89. The zero-order valence-corrected chi connectivity index (χ0v) is 14.2. The summed E-state index contributed by atoms with van der Waals surface area (Å²) in [6.45, 7) is 0. The van der Waals surface area contributed by atoms with Gasteiger partial charge in [-0.2, -0.15) is 4.37 Å². The first-order valence-corrected chi connectivity index (χ1v) is 9.20. The Morgan fingerprint density at radius 3 is 2.67 bits per heavy atom. The van der Waals surface area contributed by atoms with Crippen molar-refractivity contribution in [3.8, 4) is 11.1 Å². The Hall–Kier alpha value is -2.27. The van der Waals surface area contributed by atoms with Crippen LogP contribution >= 0.6 is 11.5 Å². The van der Waals surface area contributed by atoms with E-state index < -0.39 is 0 Å². The fraction of sp³-hybridized carbons (Fsp3) is 0.316. The lowest BCUT2D eigenvalue weighted by molar-refractivity contribution is -0.120. The van der Waals surface area contributed by atoms with E-state index >= 15 is 0 Å². The Labute approximate surface area is 145 Å². The Morgan fingerprint density at radius 1 is 1.08 bits per heavy atom. The molecule has 2 aromatic heterocycles. The number of fused-ring (bicyclic) bond motifs is 1. The molecule has 0 radical (unpaired) electrons. The second-order valence-electron chi connectivity index (χ2n) is 6.30. The number of anilines is 1. The summed E-state index contributed by atoms with van der Waals surface area (Å²) < 4.78 is 4.41. The smallest absolute Gasteiger partial charge is 0.228 e. The van der Waals surface area contributed by atoms with Crippen LogP contribution in [0, 0.1) is 5.92 Å². The number of hydrogen-bond donors (Lipinski definition) is 1. The van der Waals surface area contributed by atoms with E-state index in [9.17, 15) is 4.79 Å². The van der Waals surface area contributed by atoms with Gasteiger partial charge in [0.25, 0.3) is 0 Å². The van der Waals surface area contributed by atoms with Crippen LogP contribution in [0.4, 0.5) is 5.82 Å². The summed E-state index contributed by atoms with van der Waals surface area (Å²) in [7, 11) is 0. The van der Waals surface area contributed by atoms with Gasteiger partial charge in [0.1, 0.15) is 4.83 Å². The molecule has 3 aromatic rings. The number of hydrogen-bond acceptors (Lipinski definition) is 4. The molecule has 0 unspecified atom stereocenters. The second kappa shape index (κ2) is 6.69. The molecular formula is C19H19N3OS. The van der Waals surface area contributed by atoms with Crippen LogP contribution in [0.5, 0.6) is 0 Å². The van der Waals surface area contributed by atoms with Crippen molar-refractivity contribution in [2.45, 2.75) is 32.1 Å². The highest BCUT2D eigenvalue weighted by Gasteiger charge is 2.22. The van der Waals surface area contributed by atoms with Crippen molar-refractivity contribution in [2.24, 2.45) is 5.92 Å². The highest BCUT2D eigenvalue weighted by atomic mass is 32.1. The van der Waals surface area contributed by atoms with Crippen molar-refractivity contribution in [3.63, 3.8) is 0 Å². The Bertz CT molecular complexity index is 853. The molecule has 24 heavy (non-hydrogen) atoms. The van der Waals surface area contributed by atoms with Gasteiger partial charge in [0.15, 0.2) is 5.82 Å². The number of carbonyl (C=O) groups excluding carboxylic acids is 1. The largest absolute Gasteiger partial charge is 0.309 e. The molecule has 5 heteroatoms. The van der Waals surface area contributed by atoms with E-state index in [0.29, 0.717) is 5.82 Å². The van der Waals surface area contributed by atoms with Crippen LogP contribution in [-0.2, 0) is 4.79 Å². The zero-order chi connectivity index (χ0) is 16.4. The van der Waals surface area contributed by atoms with Gasteiger partial charge in [0, 0.05) is 17.7 Å². The summed E-state index contributed by atoms with van der Waals surface area (Å²) in [6, 6.07) is 12.2. The number of nitrogens with zero attached hydrogens (tertiary/aromatic N) is 2. The van der Waals surface area contributed by atoms with Crippen LogP contribution in [0.2, 0.25) is 0 Å². The molecule has 0 saturated heterocycles. The SMILES string of the molecule is O=C(Nc1nsc2ncc(-c3ccccc3)cc12)C1CCCCC1. The minimum atomic E-state index is 0.104. The number of aromatic nitrogens is 2. The van der Waals surface area contributed by atoms with E-state index in [4.69, 9.17) is 0 Å². The predicted molar refractivity (Wildman–Crippen MR) is 98.1 cm³/mol. The van der Waals surface area contributed by atoms with Gasteiger partial charge in [-0.25, -0.2) is 4.98 Å². The molecule has 1 aliphatic rings. The topological polar surface area (TPSA) is 54.9 Å². The van der Waals surface area contributed by atoms with Crippen LogP contribution in [0.15, 0.2) is 42.6 Å². The van der Waals surface area contributed by atoms with Gasteiger partial charge in [-0.3, -0.25) is 4.79 Å². The molecule has 1 aliphatic carbocycles. The summed E-state index contributed by atoms with van der Waals surface area (Å²) in [5.41, 5.74) is 2.15. The molecule has 0 atom stereocenters. The van der Waals surface area contributed by atoms with E-state index in [1.807, 2.05) is 24.4 Å². The molecule has 0 aliphatic heterocycles. The number of benzene rings is 1. The summed E-state index contributed by atoms with van der Waals surface area (Å²) >= 11 is 1.33. The normalized spacial score (nSPS) is 15.5. The Kier molecular flexibility index (Phi) is 4.26. The lowest BCUT2D eigenvalue weighted by Crippen LogP contribution is -2.24. The van der Waals surface area contributed by atoms with E-state index in [1.54, 1.807) is 0 Å². The van der Waals surface area contributed by atoms with Crippen molar-refractivity contribution < 1.29 is 4.79 Å². The molecule has 1 N–H and O–H groups in total. The lowest BCUT2D eigenvalue weighted by Gasteiger charge is -2.20. The maximum Gasteiger partial charge on any atom is 0.228 e. The van der Waals surface area contributed by atoms with Gasteiger partial charge >= 0.3 is 0 Å². The van der Waals surface area contributed by atoms with Gasteiger partial charge in [-0.15, -0.1) is 0 Å². The van der Waals surface area contributed by atoms with E-state index in [0.717, 1.165) is 47.0 Å². The highest BCUT2D eigenvalue weighted by Crippen LogP contribution is 2.31. The van der Waals surface area contributed by atoms with Gasteiger partial charge < -0.3 is 5.32 Å². The summed E-state index contributed by atoms with van der Waals surface area (Å²) in [5, 5.41) is 3.96. The number of carbonyl (C=O) groups is 1. The quantitative estimate of drug-likeness (QED) is 0.741. The zero-order valence-electron chi connectivity index (χ0n) is 13.4. The number of rotatable bonds is 3. The molecule has 0 bridgehead atoms. The predicted octanol–water partition coefficient (Wildman–Crippen LogP) is 4.88. The fourth-order valence-corrected chi connectivity index (χ4v) is 3.97. The summed E-state index contributed by atoms with van der Waals surface area (Å²) in [5.74, 6) is 0.878. The number of nitrogens with one attached hydrogen (secondary N) is 1. The average Bonchev–Trinajstić information content (AvgIpc) is 3.05. The summed E-state index contributed by atoms with van der Waals surface area (Å²) in [6.07, 6.45) is 7.38. The average molecular weight is 337 g/mol. The molecule has 122 valence electrons. The molecule has 4 rings (SSSR count). The molecule has 1 fully saturated rings. The van der Waals surface area contributed by atoms with Crippen molar-refractivity contribution in [1.82, 2.24) is 9.36 Å². The maximum atomic E-state index is 12.5. The minimum Gasteiger partial charge on any atom is -0.309 e. The van der Waals surface area contributed by atoms with Gasteiger partial charge in [-0.05, 0) is 36.0 Å². The van der Waals surface area contributed by atoms with Crippen LogP contribution in [0.3, 0.4) is 0 Å². The third kappa shape index (κ3) is 3.04. The van der Waals surface area contributed by atoms with Gasteiger partial charge in [0.2, 0.25) is 5.91 Å². The number of pyridine rings is 1. The molecule has 1 amide bonds. The van der Waals surface area contributed by atoms with Crippen LogP contribution < -0.4 is 5.32 Å². The van der Waals surface area contributed by atoms with E-state index in [-0.39, 0.29) is 11.8 Å². The van der Waals surface area contributed by atoms with Crippen LogP contribution in [0.25, 0.3) is 21.3 Å². The second-order valence-corrected chi connectivity index (χ2v) is 7.05. The third-order valence-electron chi connectivity index (χ3n) is 4.65. The first-order valence-electron chi connectivity index (χ1n) is 8.43. The standard InChI is InChI=1S/C19H19N3OS/c23-18(14-9-5-2-6-10-14)21-17-16-11-15(12-20-19(16)24-22-17)13-7-3-1-4-8-13/h1,3-4,7-8,11-12,14H,2,5-6,9-10H2,(H,21,22,23). The van der Waals surface area contributed by atoms with Gasteiger partial charge in [0.05, 0.1) is 5.39 Å². The van der Waals surface area contributed by atoms with Crippen molar-refractivity contribution in [1.29, 1.82) is 0 Å². The van der Waals surface area contributed by atoms with E-state index in [2.05, 4.69) is 32.9 Å². The molecule has 4 nitrogen and oxygen atoms in total. The molecule has 1 aromatic carbocycles. The summed E-state index contributed by atoms with van der Waals surface area (Å²) in [4.78, 5) is 17.9. The maximum absolute atomic E-state index is 12.5. The van der Waals surface area contributed by atoms with Gasteiger partial charge in [-0.1, -0.05) is 49.6 Å². The van der Waals surface area contributed by atoms with E-state index in [1.165, 1.54) is 18.0 Å². The highest BCUT2D eigenvalue weighted by molar-refractivity contribution is 7.13. The molecule has 1 saturated carbocycles. The molecular weight excluding hydrogens is 318 g/mol. The Balaban J connectivity index is 1.62.